The molecule has 0 bridgehead atoms. The van der Waals surface area contributed by atoms with Crippen LogP contribution in [0.1, 0.15) is 31.4 Å². The molecular formula is C15H21NO2. The summed E-state index contributed by atoms with van der Waals surface area (Å²) in [5, 5.41) is 19.4. The van der Waals surface area contributed by atoms with Crippen molar-refractivity contribution in [3.8, 4) is 0 Å². The first-order chi connectivity index (χ1) is 8.65. The molecule has 4 atom stereocenters. The maximum Gasteiger partial charge on any atom is 0.0761 e. The van der Waals surface area contributed by atoms with Gasteiger partial charge in [-0.1, -0.05) is 12.1 Å². The van der Waals surface area contributed by atoms with Gasteiger partial charge in [0.05, 0.1) is 12.2 Å². The Morgan fingerprint density at radius 1 is 1.17 bits per heavy atom. The highest BCUT2D eigenvalue weighted by Crippen LogP contribution is 2.39. The summed E-state index contributed by atoms with van der Waals surface area (Å²) in [7, 11) is 0. The van der Waals surface area contributed by atoms with Crippen LogP contribution in [-0.4, -0.2) is 29.4 Å². The van der Waals surface area contributed by atoms with Crippen molar-refractivity contribution in [2.24, 2.45) is 11.8 Å². The largest absolute Gasteiger partial charge is 0.393 e. The summed E-state index contributed by atoms with van der Waals surface area (Å²) < 4.78 is 0. The Hall–Kier alpha value is -1.06. The van der Waals surface area contributed by atoms with Gasteiger partial charge in [0.15, 0.2) is 0 Å². The van der Waals surface area contributed by atoms with E-state index in [9.17, 15) is 10.2 Å². The molecule has 1 heterocycles. The number of hydrogen-bond acceptors (Lipinski definition) is 3. The predicted molar refractivity (Wildman–Crippen MR) is 71.5 cm³/mol. The summed E-state index contributed by atoms with van der Waals surface area (Å²) >= 11 is 0. The Morgan fingerprint density at radius 3 is 2.50 bits per heavy atom. The molecule has 0 amide bonds. The fraction of sp³-hybridized carbons (Fsp3) is 0.600. The van der Waals surface area contributed by atoms with Crippen molar-refractivity contribution in [3.05, 3.63) is 29.8 Å². The maximum absolute atomic E-state index is 9.92. The molecule has 1 aliphatic heterocycles. The van der Waals surface area contributed by atoms with E-state index in [-0.39, 0.29) is 6.10 Å². The molecule has 3 unspecified atom stereocenters. The van der Waals surface area contributed by atoms with Crippen LogP contribution in [0, 0.1) is 11.8 Å². The molecule has 0 spiro atoms. The molecule has 3 rings (SSSR count). The molecule has 3 heteroatoms. The lowest BCUT2D eigenvalue weighted by molar-refractivity contribution is 0.133. The summed E-state index contributed by atoms with van der Waals surface area (Å²) in [6, 6.07) is 8.14. The third-order valence-electron chi connectivity index (χ3n) is 4.56. The minimum absolute atomic E-state index is 0.100. The average molecular weight is 247 g/mol. The molecule has 98 valence electrons. The van der Waals surface area contributed by atoms with E-state index in [2.05, 4.69) is 17.0 Å². The maximum atomic E-state index is 9.92. The number of hydrogen-bond donors (Lipinski definition) is 2. The number of benzene rings is 1. The van der Waals surface area contributed by atoms with Crippen molar-refractivity contribution in [1.29, 1.82) is 0 Å². The Balaban J connectivity index is 1.73. The van der Waals surface area contributed by atoms with E-state index < -0.39 is 6.10 Å². The lowest BCUT2D eigenvalue weighted by Gasteiger charge is -2.21. The summed E-state index contributed by atoms with van der Waals surface area (Å²) in [6.45, 7) is 3.82. The Bertz CT molecular complexity index is 415. The first kappa shape index (κ1) is 12.0. The zero-order chi connectivity index (χ0) is 12.7. The zero-order valence-electron chi connectivity index (χ0n) is 10.8. The molecule has 18 heavy (non-hydrogen) atoms. The lowest BCUT2D eigenvalue weighted by atomic mass is 10.00. The number of aliphatic hydroxyl groups excluding tert-OH is 2. The van der Waals surface area contributed by atoms with Gasteiger partial charge < -0.3 is 15.1 Å². The van der Waals surface area contributed by atoms with Gasteiger partial charge in [-0.15, -0.1) is 0 Å². The number of aliphatic hydroxyl groups is 2. The van der Waals surface area contributed by atoms with Gasteiger partial charge in [0.2, 0.25) is 0 Å². The molecule has 1 aliphatic carbocycles. The van der Waals surface area contributed by atoms with Crippen molar-refractivity contribution in [2.45, 2.75) is 32.0 Å². The highest BCUT2D eigenvalue weighted by molar-refractivity contribution is 5.49. The van der Waals surface area contributed by atoms with Crippen LogP contribution in [-0.2, 0) is 0 Å². The van der Waals surface area contributed by atoms with Crippen LogP contribution >= 0.6 is 0 Å². The summed E-state index contributed by atoms with van der Waals surface area (Å²) in [5.74, 6) is 1.12. The lowest BCUT2D eigenvalue weighted by Crippen LogP contribution is -2.24. The van der Waals surface area contributed by atoms with E-state index in [1.807, 2.05) is 12.1 Å². The van der Waals surface area contributed by atoms with Gasteiger partial charge in [0.1, 0.15) is 0 Å². The van der Waals surface area contributed by atoms with E-state index in [0.29, 0.717) is 11.8 Å². The highest BCUT2D eigenvalue weighted by atomic mass is 16.3. The number of rotatable bonds is 2. The fourth-order valence-electron chi connectivity index (χ4n) is 3.41. The molecule has 2 N–H and O–H groups in total. The molecule has 1 saturated carbocycles. The predicted octanol–water partition coefficient (Wildman–Crippen LogP) is 1.95. The van der Waals surface area contributed by atoms with Gasteiger partial charge in [0.25, 0.3) is 0 Å². The standard InChI is InChI=1S/C15H21NO2/c1-10(17)11-2-5-13(6-3-11)16-8-12-4-7-15(18)14(12)9-16/h2-3,5-6,10,12,14-15,17-18H,4,7-9H2,1H3/t10-,12?,14?,15?/m1/s1. The summed E-state index contributed by atoms with van der Waals surface area (Å²) in [5.41, 5.74) is 2.17. The van der Waals surface area contributed by atoms with E-state index in [1.165, 1.54) is 5.69 Å². The van der Waals surface area contributed by atoms with Gasteiger partial charge >= 0.3 is 0 Å². The second kappa shape index (κ2) is 4.56. The number of nitrogens with zero attached hydrogens (tertiary/aromatic N) is 1. The van der Waals surface area contributed by atoms with Gasteiger partial charge in [-0.25, -0.2) is 0 Å². The van der Waals surface area contributed by atoms with Crippen LogP contribution in [0.5, 0.6) is 0 Å². The van der Waals surface area contributed by atoms with Crippen LogP contribution in [0.4, 0.5) is 5.69 Å². The summed E-state index contributed by atoms with van der Waals surface area (Å²) in [6.07, 6.45) is 1.63. The molecule has 0 radical (unpaired) electrons. The molecule has 3 nitrogen and oxygen atoms in total. The van der Waals surface area contributed by atoms with Crippen LogP contribution in [0.2, 0.25) is 0 Å². The monoisotopic (exact) mass is 247 g/mol. The molecular weight excluding hydrogens is 226 g/mol. The molecule has 2 fully saturated rings. The molecule has 0 aromatic heterocycles. The Morgan fingerprint density at radius 2 is 1.89 bits per heavy atom. The topological polar surface area (TPSA) is 43.7 Å². The Labute approximate surface area is 108 Å². The summed E-state index contributed by atoms with van der Waals surface area (Å²) in [4.78, 5) is 2.36. The third kappa shape index (κ3) is 2.02. The van der Waals surface area contributed by atoms with Crippen molar-refractivity contribution in [1.82, 2.24) is 0 Å². The van der Waals surface area contributed by atoms with Crippen molar-refractivity contribution < 1.29 is 10.2 Å². The Kier molecular flexibility index (Phi) is 3.04. The van der Waals surface area contributed by atoms with Crippen molar-refractivity contribution in [2.75, 3.05) is 18.0 Å². The second-order valence-corrected chi connectivity index (χ2v) is 5.74. The van der Waals surface area contributed by atoms with Gasteiger partial charge in [-0.3, -0.25) is 0 Å². The quantitative estimate of drug-likeness (QED) is 0.839. The smallest absolute Gasteiger partial charge is 0.0761 e. The van der Waals surface area contributed by atoms with Gasteiger partial charge in [-0.2, -0.15) is 0 Å². The number of anilines is 1. The minimum atomic E-state index is -0.404. The molecule has 1 aromatic carbocycles. The second-order valence-electron chi connectivity index (χ2n) is 5.74. The van der Waals surface area contributed by atoms with Gasteiger partial charge in [-0.05, 0) is 43.4 Å². The highest BCUT2D eigenvalue weighted by Gasteiger charge is 2.41. The minimum Gasteiger partial charge on any atom is -0.393 e. The number of fused-ring (bicyclic) bond motifs is 1. The van der Waals surface area contributed by atoms with Crippen LogP contribution in [0.25, 0.3) is 0 Å². The third-order valence-corrected chi connectivity index (χ3v) is 4.56. The van der Waals surface area contributed by atoms with E-state index in [1.54, 1.807) is 6.92 Å². The average Bonchev–Trinajstić information content (AvgIpc) is 2.92. The van der Waals surface area contributed by atoms with Crippen molar-refractivity contribution >= 4 is 5.69 Å². The fourth-order valence-corrected chi connectivity index (χ4v) is 3.41. The zero-order valence-corrected chi connectivity index (χ0v) is 10.8. The van der Waals surface area contributed by atoms with Crippen molar-refractivity contribution in [3.63, 3.8) is 0 Å². The van der Waals surface area contributed by atoms with E-state index in [0.717, 1.165) is 31.5 Å². The van der Waals surface area contributed by atoms with Crippen LogP contribution in [0.15, 0.2) is 24.3 Å². The molecule has 1 aromatic rings. The normalized spacial score (nSPS) is 32.6. The first-order valence-corrected chi connectivity index (χ1v) is 6.86. The SMILES string of the molecule is C[C@@H](O)c1ccc(N2CC3CCC(O)C3C2)cc1. The van der Waals surface area contributed by atoms with E-state index in [4.69, 9.17) is 0 Å². The first-order valence-electron chi connectivity index (χ1n) is 6.86. The van der Waals surface area contributed by atoms with Crippen LogP contribution in [0.3, 0.4) is 0 Å². The van der Waals surface area contributed by atoms with Gasteiger partial charge in [0, 0.05) is 24.7 Å². The van der Waals surface area contributed by atoms with E-state index >= 15 is 0 Å². The molecule has 1 saturated heterocycles. The van der Waals surface area contributed by atoms with Crippen LogP contribution < -0.4 is 4.90 Å². The molecule has 2 aliphatic rings.